The number of sulfone groups is 1. The molecule has 1 heterocycles. The lowest BCUT2D eigenvalue weighted by molar-refractivity contribution is 0.415. The first-order valence-corrected chi connectivity index (χ1v) is 8.94. The van der Waals surface area contributed by atoms with Gasteiger partial charge in [0.1, 0.15) is 11.6 Å². The first-order chi connectivity index (χ1) is 11.5. The Morgan fingerprint density at radius 3 is 2.71 bits per heavy atom. The topological polar surface area (TPSA) is 95.8 Å². The lowest BCUT2D eigenvalue weighted by Crippen LogP contribution is -2.04. The highest BCUT2D eigenvalue weighted by atomic mass is 32.2. The maximum atomic E-state index is 12.0. The van der Waals surface area contributed by atoms with E-state index < -0.39 is 9.84 Å². The van der Waals surface area contributed by atoms with Gasteiger partial charge in [-0.05, 0) is 36.4 Å². The maximum absolute atomic E-state index is 12.0. The number of aromatic amines is 1. The van der Waals surface area contributed by atoms with Crippen LogP contribution >= 0.6 is 0 Å². The first-order valence-electron chi connectivity index (χ1n) is 7.29. The van der Waals surface area contributed by atoms with E-state index in [-0.39, 0.29) is 10.6 Å². The van der Waals surface area contributed by atoms with Crippen LogP contribution in [-0.4, -0.2) is 31.2 Å². The normalized spacial score (nSPS) is 11.4. The number of H-pyrrole nitrogens is 1. The van der Waals surface area contributed by atoms with Crippen LogP contribution in [0, 0.1) is 11.3 Å². The minimum absolute atomic E-state index is 0.0249. The van der Waals surface area contributed by atoms with Gasteiger partial charge in [-0.25, -0.2) is 13.4 Å². The second kappa shape index (κ2) is 5.98. The number of hydrogen-bond acceptors (Lipinski definition) is 5. The lowest BCUT2D eigenvalue weighted by Gasteiger charge is -2.09. The van der Waals surface area contributed by atoms with Crippen molar-refractivity contribution in [3.63, 3.8) is 0 Å². The molecule has 2 aromatic carbocycles. The molecule has 0 saturated heterocycles. The van der Waals surface area contributed by atoms with Crippen molar-refractivity contribution < 1.29 is 13.2 Å². The summed E-state index contributed by atoms with van der Waals surface area (Å²) in [7, 11) is -1.83. The number of aromatic nitrogens is 2. The number of fused-ring (bicyclic) bond motifs is 1. The molecular formula is C17H15N3O3S. The van der Waals surface area contributed by atoms with Crippen molar-refractivity contribution in [2.75, 3.05) is 12.9 Å². The fourth-order valence-corrected chi connectivity index (χ4v) is 3.33. The minimum atomic E-state index is -3.31. The number of imidazole rings is 1. The molecule has 0 aliphatic carbocycles. The molecule has 0 atom stereocenters. The SMILES string of the molecule is CCS(=O)(=O)c1ccc(-c2nc3cc(C#N)ccc3[nH]2)c(OC)c1. The van der Waals surface area contributed by atoms with Gasteiger partial charge in [-0.2, -0.15) is 5.26 Å². The van der Waals surface area contributed by atoms with Gasteiger partial charge in [-0.3, -0.25) is 0 Å². The molecule has 6 nitrogen and oxygen atoms in total. The van der Waals surface area contributed by atoms with Gasteiger partial charge in [-0.15, -0.1) is 0 Å². The Labute approximate surface area is 139 Å². The Morgan fingerprint density at radius 1 is 1.25 bits per heavy atom. The summed E-state index contributed by atoms with van der Waals surface area (Å²) in [5, 5.41) is 8.97. The highest BCUT2D eigenvalue weighted by molar-refractivity contribution is 7.91. The monoisotopic (exact) mass is 341 g/mol. The maximum Gasteiger partial charge on any atom is 0.178 e. The molecule has 0 aliphatic rings. The largest absolute Gasteiger partial charge is 0.496 e. The van der Waals surface area contributed by atoms with Crippen LogP contribution in [0.4, 0.5) is 0 Å². The molecule has 0 bridgehead atoms. The molecule has 3 aromatic rings. The van der Waals surface area contributed by atoms with Crippen molar-refractivity contribution in [3.8, 4) is 23.2 Å². The summed E-state index contributed by atoms with van der Waals surface area (Å²) in [6.07, 6.45) is 0. The highest BCUT2D eigenvalue weighted by Gasteiger charge is 2.17. The van der Waals surface area contributed by atoms with Crippen LogP contribution < -0.4 is 4.74 Å². The highest BCUT2D eigenvalue weighted by Crippen LogP contribution is 2.32. The number of methoxy groups -OCH3 is 1. The molecule has 122 valence electrons. The quantitative estimate of drug-likeness (QED) is 0.787. The van der Waals surface area contributed by atoms with Gasteiger partial charge < -0.3 is 9.72 Å². The van der Waals surface area contributed by atoms with Gasteiger partial charge in [0.25, 0.3) is 0 Å². The molecule has 0 aliphatic heterocycles. The molecule has 0 fully saturated rings. The van der Waals surface area contributed by atoms with E-state index in [9.17, 15) is 8.42 Å². The summed E-state index contributed by atoms with van der Waals surface area (Å²) in [5.74, 6) is 0.998. The molecule has 0 amide bonds. The zero-order valence-electron chi connectivity index (χ0n) is 13.2. The standard InChI is InChI=1S/C17H15N3O3S/c1-3-24(21,22)12-5-6-13(16(9-12)23-2)17-19-14-7-4-11(10-18)8-15(14)20-17/h4-9H,3H2,1-2H3,(H,19,20). The summed E-state index contributed by atoms with van der Waals surface area (Å²) < 4.78 is 29.4. The van der Waals surface area contributed by atoms with Gasteiger partial charge >= 0.3 is 0 Å². The fourth-order valence-electron chi connectivity index (χ4n) is 2.43. The van der Waals surface area contributed by atoms with E-state index >= 15 is 0 Å². The Kier molecular flexibility index (Phi) is 3.99. The molecule has 1 aromatic heterocycles. The van der Waals surface area contributed by atoms with E-state index in [4.69, 9.17) is 10.00 Å². The van der Waals surface area contributed by atoms with Gasteiger partial charge in [-0.1, -0.05) is 6.92 Å². The van der Waals surface area contributed by atoms with E-state index in [2.05, 4.69) is 16.0 Å². The number of nitrogens with one attached hydrogen (secondary N) is 1. The average Bonchev–Trinajstić information content (AvgIpc) is 3.03. The number of nitrogens with zero attached hydrogens (tertiary/aromatic N) is 2. The summed E-state index contributed by atoms with van der Waals surface area (Å²) in [4.78, 5) is 7.85. The summed E-state index contributed by atoms with van der Waals surface area (Å²) in [5.41, 5.74) is 2.63. The van der Waals surface area contributed by atoms with Crippen molar-refractivity contribution in [1.82, 2.24) is 9.97 Å². The molecule has 0 spiro atoms. The third kappa shape index (κ3) is 2.72. The zero-order valence-corrected chi connectivity index (χ0v) is 14.0. The molecule has 7 heteroatoms. The second-order valence-electron chi connectivity index (χ2n) is 5.19. The van der Waals surface area contributed by atoms with E-state index in [1.807, 2.05) is 0 Å². The Morgan fingerprint density at radius 2 is 2.04 bits per heavy atom. The van der Waals surface area contributed by atoms with Gasteiger partial charge in [0.2, 0.25) is 0 Å². The fraction of sp³-hybridized carbons (Fsp3) is 0.176. The van der Waals surface area contributed by atoms with Crippen molar-refractivity contribution in [1.29, 1.82) is 5.26 Å². The number of hydrogen-bond donors (Lipinski definition) is 1. The number of benzene rings is 2. The molecule has 24 heavy (non-hydrogen) atoms. The molecule has 0 saturated carbocycles. The summed E-state index contributed by atoms with van der Waals surface area (Å²) in [6, 6.07) is 12.0. The van der Waals surface area contributed by atoms with Crippen LogP contribution in [0.2, 0.25) is 0 Å². The Balaban J connectivity index is 2.14. The Bertz CT molecular complexity index is 1060. The van der Waals surface area contributed by atoms with Crippen molar-refractivity contribution >= 4 is 20.9 Å². The van der Waals surface area contributed by atoms with Gasteiger partial charge in [0, 0.05) is 0 Å². The molecule has 3 rings (SSSR count). The van der Waals surface area contributed by atoms with Gasteiger partial charge in [0.15, 0.2) is 9.84 Å². The molecule has 1 N–H and O–H groups in total. The van der Waals surface area contributed by atoms with Gasteiger partial charge in [0.05, 0.1) is 46.0 Å². The van der Waals surface area contributed by atoms with Crippen molar-refractivity contribution in [2.24, 2.45) is 0 Å². The third-order valence-electron chi connectivity index (χ3n) is 3.78. The number of rotatable bonds is 4. The number of nitriles is 1. The molecule has 0 unspecified atom stereocenters. The van der Waals surface area contributed by atoms with Crippen LogP contribution in [0.15, 0.2) is 41.3 Å². The summed E-state index contributed by atoms with van der Waals surface area (Å²) >= 11 is 0. The van der Waals surface area contributed by atoms with E-state index in [0.717, 1.165) is 5.52 Å². The van der Waals surface area contributed by atoms with Crippen LogP contribution in [0.25, 0.3) is 22.4 Å². The van der Waals surface area contributed by atoms with Crippen LogP contribution in [-0.2, 0) is 9.84 Å². The van der Waals surface area contributed by atoms with Crippen LogP contribution in [0.5, 0.6) is 5.75 Å². The van der Waals surface area contributed by atoms with E-state index in [0.29, 0.717) is 28.2 Å². The minimum Gasteiger partial charge on any atom is -0.496 e. The zero-order chi connectivity index (χ0) is 17.3. The third-order valence-corrected chi connectivity index (χ3v) is 5.51. The average molecular weight is 341 g/mol. The smallest absolute Gasteiger partial charge is 0.178 e. The number of ether oxygens (including phenoxy) is 1. The molecular weight excluding hydrogens is 326 g/mol. The van der Waals surface area contributed by atoms with E-state index in [1.54, 1.807) is 37.3 Å². The van der Waals surface area contributed by atoms with Crippen LogP contribution in [0.3, 0.4) is 0 Å². The summed E-state index contributed by atoms with van der Waals surface area (Å²) in [6.45, 7) is 1.60. The van der Waals surface area contributed by atoms with E-state index in [1.165, 1.54) is 13.2 Å². The predicted molar refractivity (Wildman–Crippen MR) is 90.5 cm³/mol. The van der Waals surface area contributed by atoms with Crippen molar-refractivity contribution in [2.45, 2.75) is 11.8 Å². The Hall–Kier alpha value is -2.85. The van der Waals surface area contributed by atoms with Crippen LogP contribution in [0.1, 0.15) is 12.5 Å². The predicted octanol–water partition coefficient (Wildman–Crippen LogP) is 2.90. The molecule has 0 radical (unpaired) electrons. The van der Waals surface area contributed by atoms with Crippen molar-refractivity contribution in [3.05, 3.63) is 42.0 Å². The lowest BCUT2D eigenvalue weighted by atomic mass is 10.2. The second-order valence-corrected chi connectivity index (χ2v) is 7.47. The first kappa shape index (κ1) is 16.0.